The molecule has 3 amide bonds. The van der Waals surface area contributed by atoms with Gasteiger partial charge in [-0.15, -0.1) is 0 Å². The van der Waals surface area contributed by atoms with Crippen molar-refractivity contribution in [2.24, 2.45) is 0 Å². The van der Waals surface area contributed by atoms with Gasteiger partial charge in [-0.05, 0) is 12.5 Å². The van der Waals surface area contributed by atoms with Crippen LogP contribution in [0, 0.1) is 0 Å². The zero-order chi connectivity index (χ0) is 20.6. The third-order valence-electron chi connectivity index (χ3n) is 4.18. The zero-order valence-electron chi connectivity index (χ0n) is 16.1. The number of carbonyl (C=O) groups excluding carboxylic acids is 2. The molecular formula is C19H27N3O5S. The van der Waals surface area contributed by atoms with Gasteiger partial charge < -0.3 is 20.3 Å². The fourth-order valence-corrected chi connectivity index (χ4v) is 3.22. The number of morpholine rings is 1. The highest BCUT2D eigenvalue weighted by Gasteiger charge is 2.25. The molecule has 154 valence electrons. The van der Waals surface area contributed by atoms with Crippen molar-refractivity contribution in [3.8, 4) is 0 Å². The summed E-state index contributed by atoms with van der Waals surface area (Å²) < 4.78 is 27.7. The van der Waals surface area contributed by atoms with Gasteiger partial charge >= 0.3 is 6.03 Å². The molecule has 0 spiro atoms. The number of amides is 3. The molecule has 0 aromatic heterocycles. The van der Waals surface area contributed by atoms with Crippen molar-refractivity contribution in [1.82, 2.24) is 15.5 Å². The summed E-state index contributed by atoms with van der Waals surface area (Å²) in [5, 5.41) is 6.57. The van der Waals surface area contributed by atoms with E-state index in [9.17, 15) is 18.0 Å². The van der Waals surface area contributed by atoms with Crippen LogP contribution in [0.5, 0.6) is 0 Å². The lowest BCUT2D eigenvalue weighted by Gasteiger charge is -2.29. The molecule has 1 aromatic rings. The number of ether oxygens (including phenoxy) is 1. The second-order valence-electron chi connectivity index (χ2n) is 6.75. The Hall–Kier alpha value is -2.39. The predicted octanol–water partition coefficient (Wildman–Crippen LogP) is 0.703. The average Bonchev–Trinajstić information content (AvgIpc) is 2.66. The fraction of sp³-hybridized carbons (Fsp3) is 0.474. The van der Waals surface area contributed by atoms with E-state index in [0.717, 1.165) is 17.2 Å². The molecule has 0 bridgehead atoms. The van der Waals surface area contributed by atoms with Gasteiger partial charge in [0, 0.05) is 37.2 Å². The quantitative estimate of drug-likeness (QED) is 0.690. The van der Waals surface area contributed by atoms with Gasteiger partial charge in [0.15, 0.2) is 9.84 Å². The second-order valence-corrected chi connectivity index (χ2v) is 8.68. The number of benzene rings is 1. The van der Waals surface area contributed by atoms with Crippen molar-refractivity contribution in [1.29, 1.82) is 0 Å². The van der Waals surface area contributed by atoms with Gasteiger partial charge in [-0.25, -0.2) is 13.2 Å². The summed E-state index contributed by atoms with van der Waals surface area (Å²) in [5.74, 6) is -0.379. The summed E-state index contributed by atoms with van der Waals surface area (Å²) in [7, 11) is -3.28. The van der Waals surface area contributed by atoms with Crippen LogP contribution in [0.1, 0.15) is 12.5 Å². The Kier molecular flexibility index (Phi) is 8.01. The smallest absolute Gasteiger partial charge is 0.318 e. The lowest BCUT2D eigenvalue weighted by Crippen LogP contribution is -2.55. The molecule has 1 fully saturated rings. The van der Waals surface area contributed by atoms with E-state index in [2.05, 4.69) is 10.6 Å². The number of nitrogens with zero attached hydrogens (tertiary/aromatic N) is 1. The van der Waals surface area contributed by atoms with Crippen LogP contribution < -0.4 is 10.6 Å². The first-order valence-electron chi connectivity index (χ1n) is 9.10. The van der Waals surface area contributed by atoms with Gasteiger partial charge in [0.1, 0.15) is 6.04 Å². The number of urea groups is 1. The standard InChI is InChI=1S/C19H27N3O5S/c1-15(8-13-28(2,25)26)20-18(23)17(14-16-6-4-3-5-7-16)21-19(24)22-9-11-27-12-10-22/h3-8,13,15,17H,9-12,14H2,1-2H3,(H,20,23)(H,21,24)/b13-8+/t15-,17-/m0/s1. The summed E-state index contributed by atoms with van der Waals surface area (Å²) >= 11 is 0. The van der Waals surface area contributed by atoms with Crippen LogP contribution in [0.4, 0.5) is 4.79 Å². The summed E-state index contributed by atoms with van der Waals surface area (Å²) in [6, 6.07) is 7.77. The van der Waals surface area contributed by atoms with Gasteiger partial charge in [0.2, 0.25) is 5.91 Å². The van der Waals surface area contributed by atoms with Crippen molar-refractivity contribution < 1.29 is 22.7 Å². The molecule has 1 aromatic carbocycles. The SMILES string of the molecule is C[C@@H](/C=C/S(C)(=O)=O)NC(=O)[C@H](Cc1ccccc1)NC(=O)N1CCOCC1. The first-order valence-corrected chi connectivity index (χ1v) is 11.1. The van der Waals surface area contributed by atoms with Crippen LogP contribution in [0.3, 0.4) is 0 Å². The van der Waals surface area contributed by atoms with Crippen molar-refractivity contribution in [3.05, 3.63) is 47.4 Å². The van der Waals surface area contributed by atoms with E-state index in [4.69, 9.17) is 4.74 Å². The molecule has 0 saturated carbocycles. The number of carbonyl (C=O) groups is 2. The van der Waals surface area contributed by atoms with E-state index in [0.29, 0.717) is 32.7 Å². The maximum atomic E-state index is 12.7. The Labute approximate surface area is 165 Å². The Morgan fingerprint density at radius 3 is 2.43 bits per heavy atom. The predicted molar refractivity (Wildman–Crippen MR) is 106 cm³/mol. The zero-order valence-corrected chi connectivity index (χ0v) is 16.9. The minimum absolute atomic E-state index is 0.321. The molecule has 9 heteroatoms. The van der Waals surface area contributed by atoms with Crippen LogP contribution in [0.2, 0.25) is 0 Å². The molecule has 8 nitrogen and oxygen atoms in total. The fourth-order valence-electron chi connectivity index (χ4n) is 2.70. The lowest BCUT2D eigenvalue weighted by molar-refractivity contribution is -0.123. The third-order valence-corrected chi connectivity index (χ3v) is 4.83. The molecule has 1 aliphatic heterocycles. The first kappa shape index (κ1) is 21.9. The molecule has 28 heavy (non-hydrogen) atoms. The normalized spacial score (nSPS) is 17.1. The highest BCUT2D eigenvalue weighted by atomic mass is 32.2. The maximum absolute atomic E-state index is 12.7. The van der Waals surface area contributed by atoms with Crippen molar-refractivity contribution in [2.75, 3.05) is 32.6 Å². The number of hydrogen-bond donors (Lipinski definition) is 2. The van der Waals surface area contributed by atoms with Crippen LogP contribution in [-0.2, 0) is 25.8 Å². The minimum Gasteiger partial charge on any atom is -0.378 e. The Morgan fingerprint density at radius 1 is 1.18 bits per heavy atom. The van der Waals surface area contributed by atoms with E-state index in [-0.39, 0.29) is 11.9 Å². The summed E-state index contributed by atoms with van der Waals surface area (Å²) in [5.41, 5.74) is 0.907. The van der Waals surface area contributed by atoms with Gasteiger partial charge in [-0.3, -0.25) is 4.79 Å². The van der Waals surface area contributed by atoms with E-state index >= 15 is 0 Å². The van der Waals surface area contributed by atoms with Crippen LogP contribution in [-0.4, -0.2) is 69.9 Å². The third kappa shape index (κ3) is 7.69. The van der Waals surface area contributed by atoms with Crippen LogP contribution >= 0.6 is 0 Å². The number of sulfone groups is 1. The van der Waals surface area contributed by atoms with Gasteiger partial charge in [-0.2, -0.15) is 0 Å². The number of rotatable bonds is 7. The molecule has 2 rings (SSSR count). The summed E-state index contributed by atoms with van der Waals surface area (Å²) in [6.07, 6.45) is 2.81. The minimum atomic E-state index is -3.28. The van der Waals surface area contributed by atoms with E-state index in [1.54, 1.807) is 11.8 Å². The van der Waals surface area contributed by atoms with Gasteiger partial charge in [-0.1, -0.05) is 36.4 Å². The Bertz CT molecular complexity index is 789. The average molecular weight is 410 g/mol. The second kappa shape index (κ2) is 10.2. The molecule has 0 aliphatic carbocycles. The molecule has 1 aliphatic rings. The van der Waals surface area contributed by atoms with Crippen molar-refractivity contribution in [2.45, 2.75) is 25.4 Å². The molecule has 0 unspecified atom stereocenters. The highest BCUT2D eigenvalue weighted by Crippen LogP contribution is 2.06. The van der Waals surface area contributed by atoms with Crippen LogP contribution in [0.25, 0.3) is 0 Å². The Balaban J connectivity index is 2.06. The van der Waals surface area contributed by atoms with E-state index in [1.807, 2.05) is 30.3 Å². The van der Waals surface area contributed by atoms with E-state index < -0.39 is 21.9 Å². The molecular weight excluding hydrogens is 382 g/mol. The summed E-state index contributed by atoms with van der Waals surface area (Å²) in [6.45, 7) is 3.55. The number of hydrogen-bond acceptors (Lipinski definition) is 5. The van der Waals surface area contributed by atoms with Crippen molar-refractivity contribution in [3.63, 3.8) is 0 Å². The van der Waals surface area contributed by atoms with E-state index in [1.165, 1.54) is 6.08 Å². The maximum Gasteiger partial charge on any atom is 0.318 e. The Morgan fingerprint density at radius 2 is 1.82 bits per heavy atom. The molecule has 1 saturated heterocycles. The molecule has 2 N–H and O–H groups in total. The van der Waals surface area contributed by atoms with Gasteiger partial charge in [0.25, 0.3) is 0 Å². The molecule has 1 heterocycles. The molecule has 2 atom stereocenters. The topological polar surface area (TPSA) is 105 Å². The lowest BCUT2D eigenvalue weighted by atomic mass is 10.0. The van der Waals surface area contributed by atoms with Crippen molar-refractivity contribution >= 4 is 21.8 Å². The molecule has 0 radical (unpaired) electrons. The highest BCUT2D eigenvalue weighted by molar-refractivity contribution is 7.93. The monoisotopic (exact) mass is 409 g/mol. The van der Waals surface area contributed by atoms with Gasteiger partial charge in [0.05, 0.1) is 13.2 Å². The van der Waals surface area contributed by atoms with Crippen LogP contribution in [0.15, 0.2) is 41.8 Å². The first-order chi connectivity index (χ1) is 13.2. The summed E-state index contributed by atoms with van der Waals surface area (Å²) in [4.78, 5) is 26.9. The largest absolute Gasteiger partial charge is 0.378 e. The number of nitrogens with one attached hydrogen (secondary N) is 2.